The van der Waals surface area contributed by atoms with Crippen molar-refractivity contribution in [1.29, 1.82) is 0 Å². The number of halogens is 1. The Bertz CT molecular complexity index is 395. The molecule has 1 aromatic carbocycles. The highest BCUT2D eigenvalue weighted by Gasteiger charge is 2.12. The van der Waals surface area contributed by atoms with Crippen LogP contribution in [-0.4, -0.2) is 17.1 Å². The summed E-state index contributed by atoms with van der Waals surface area (Å²) in [5.74, 6) is 0.240. The average Bonchev–Trinajstić information content (AvgIpc) is 2.29. The maximum atomic E-state index is 8.51. The average molecular weight is 300 g/mol. The van der Waals surface area contributed by atoms with Gasteiger partial charge in [-0.3, -0.25) is 0 Å². The summed E-state index contributed by atoms with van der Waals surface area (Å²) in [6, 6.07) is 8.42. The smallest absolute Gasteiger partial charge is 0.140 e. The molecule has 5 heteroatoms. The van der Waals surface area contributed by atoms with Gasteiger partial charge in [0.15, 0.2) is 0 Å². The molecule has 0 bridgehead atoms. The maximum absolute atomic E-state index is 8.51. The molecule has 0 aliphatic heterocycles. The first kappa shape index (κ1) is 14.0. The third-order valence-corrected chi connectivity index (χ3v) is 3.27. The molecule has 0 fully saturated rings. The fraction of sp³-hybridized carbons (Fsp3) is 0.417. The van der Waals surface area contributed by atoms with Gasteiger partial charge in [-0.15, -0.1) is 0 Å². The number of nitrogens with two attached hydrogens (primary N) is 1. The molecule has 0 saturated carbocycles. The number of benzene rings is 1. The minimum Gasteiger partial charge on any atom is -0.409 e. The Morgan fingerprint density at radius 1 is 1.47 bits per heavy atom. The number of nitrogens with one attached hydrogen (secondary N) is 1. The van der Waals surface area contributed by atoms with Gasteiger partial charge in [-0.05, 0) is 25.5 Å². The minimum absolute atomic E-state index is 0.146. The van der Waals surface area contributed by atoms with E-state index in [0.29, 0.717) is 6.42 Å². The number of oxime groups is 1. The Balaban J connectivity index is 2.60. The van der Waals surface area contributed by atoms with Gasteiger partial charge in [0.2, 0.25) is 0 Å². The van der Waals surface area contributed by atoms with Gasteiger partial charge in [-0.1, -0.05) is 39.3 Å². The Hall–Kier alpha value is -1.07. The van der Waals surface area contributed by atoms with Gasteiger partial charge in [0.1, 0.15) is 5.84 Å². The van der Waals surface area contributed by atoms with Crippen LogP contribution in [-0.2, 0) is 0 Å². The summed E-state index contributed by atoms with van der Waals surface area (Å²) in [4.78, 5) is 0. The summed E-state index contributed by atoms with van der Waals surface area (Å²) < 4.78 is 1.08. The molecule has 0 amide bonds. The van der Waals surface area contributed by atoms with E-state index in [9.17, 15) is 0 Å². The Kier molecular flexibility index (Phi) is 5.44. The van der Waals surface area contributed by atoms with Crippen molar-refractivity contribution >= 4 is 21.8 Å². The van der Waals surface area contributed by atoms with Gasteiger partial charge in [0.25, 0.3) is 0 Å². The van der Waals surface area contributed by atoms with Crippen LogP contribution in [0, 0.1) is 0 Å². The molecule has 0 heterocycles. The molecule has 1 unspecified atom stereocenters. The lowest BCUT2D eigenvalue weighted by Gasteiger charge is -2.20. The zero-order valence-corrected chi connectivity index (χ0v) is 11.6. The summed E-state index contributed by atoms with van der Waals surface area (Å²) in [6.45, 7) is 4.09. The van der Waals surface area contributed by atoms with Crippen molar-refractivity contribution in [2.45, 2.75) is 32.4 Å². The molecule has 0 saturated heterocycles. The van der Waals surface area contributed by atoms with E-state index in [1.54, 1.807) is 0 Å². The van der Waals surface area contributed by atoms with E-state index in [1.165, 1.54) is 5.56 Å². The highest BCUT2D eigenvalue weighted by atomic mass is 79.9. The van der Waals surface area contributed by atoms with E-state index in [4.69, 9.17) is 10.9 Å². The van der Waals surface area contributed by atoms with Gasteiger partial charge in [-0.25, -0.2) is 0 Å². The van der Waals surface area contributed by atoms with Crippen molar-refractivity contribution in [2.24, 2.45) is 10.9 Å². The monoisotopic (exact) mass is 299 g/mol. The first-order valence-corrected chi connectivity index (χ1v) is 6.30. The summed E-state index contributed by atoms with van der Waals surface area (Å²) >= 11 is 3.52. The SMILES string of the molecule is CC(C/C(N)=N/O)N[C@@H](C)c1ccccc1Br. The van der Waals surface area contributed by atoms with Crippen LogP contribution in [0.15, 0.2) is 33.9 Å². The second kappa shape index (κ2) is 6.61. The molecule has 1 aromatic rings. The molecular weight excluding hydrogens is 282 g/mol. The van der Waals surface area contributed by atoms with Gasteiger partial charge in [-0.2, -0.15) is 0 Å². The maximum Gasteiger partial charge on any atom is 0.140 e. The van der Waals surface area contributed by atoms with Crippen LogP contribution in [0.25, 0.3) is 0 Å². The Morgan fingerprint density at radius 2 is 2.12 bits per heavy atom. The number of amidine groups is 1. The van der Waals surface area contributed by atoms with Crippen LogP contribution in [0.5, 0.6) is 0 Å². The number of hydrogen-bond donors (Lipinski definition) is 3. The largest absolute Gasteiger partial charge is 0.409 e. The Labute approximate surface area is 110 Å². The van der Waals surface area contributed by atoms with Crippen molar-refractivity contribution in [2.75, 3.05) is 0 Å². The lowest BCUT2D eigenvalue weighted by molar-refractivity contribution is 0.315. The minimum atomic E-state index is 0.146. The van der Waals surface area contributed by atoms with Crippen molar-refractivity contribution < 1.29 is 5.21 Å². The van der Waals surface area contributed by atoms with Crippen LogP contribution < -0.4 is 11.1 Å². The van der Waals surface area contributed by atoms with Crippen molar-refractivity contribution in [1.82, 2.24) is 5.32 Å². The van der Waals surface area contributed by atoms with Gasteiger partial charge in [0, 0.05) is 23.0 Å². The van der Waals surface area contributed by atoms with Crippen LogP contribution in [0.1, 0.15) is 31.9 Å². The summed E-state index contributed by atoms with van der Waals surface area (Å²) in [5, 5.41) is 14.9. The van der Waals surface area contributed by atoms with E-state index in [1.807, 2.05) is 25.1 Å². The third kappa shape index (κ3) is 4.36. The fourth-order valence-electron chi connectivity index (χ4n) is 1.76. The second-order valence-electron chi connectivity index (χ2n) is 4.11. The first-order chi connectivity index (χ1) is 8.04. The molecule has 2 atom stereocenters. The predicted molar refractivity (Wildman–Crippen MR) is 73.2 cm³/mol. The summed E-state index contributed by atoms with van der Waals surface area (Å²) in [7, 11) is 0. The third-order valence-electron chi connectivity index (χ3n) is 2.55. The van der Waals surface area contributed by atoms with Crippen LogP contribution in [0.2, 0.25) is 0 Å². The van der Waals surface area contributed by atoms with E-state index >= 15 is 0 Å². The normalized spacial score (nSPS) is 15.6. The molecule has 0 aliphatic carbocycles. The molecule has 0 aromatic heterocycles. The molecule has 0 aliphatic rings. The van der Waals surface area contributed by atoms with Crippen molar-refractivity contribution in [3.63, 3.8) is 0 Å². The van der Waals surface area contributed by atoms with Crippen molar-refractivity contribution in [3.8, 4) is 0 Å². The first-order valence-electron chi connectivity index (χ1n) is 5.51. The highest BCUT2D eigenvalue weighted by molar-refractivity contribution is 9.10. The molecule has 1 rings (SSSR count). The lowest BCUT2D eigenvalue weighted by Crippen LogP contribution is -2.33. The zero-order chi connectivity index (χ0) is 12.8. The summed E-state index contributed by atoms with van der Waals surface area (Å²) in [6.07, 6.45) is 0.519. The Morgan fingerprint density at radius 3 is 2.71 bits per heavy atom. The lowest BCUT2D eigenvalue weighted by atomic mass is 10.1. The molecule has 17 heavy (non-hydrogen) atoms. The highest BCUT2D eigenvalue weighted by Crippen LogP contribution is 2.23. The van der Waals surface area contributed by atoms with Gasteiger partial charge < -0.3 is 16.3 Å². The van der Waals surface area contributed by atoms with E-state index in [0.717, 1.165) is 4.47 Å². The molecule has 0 spiro atoms. The fourth-order valence-corrected chi connectivity index (χ4v) is 2.38. The molecule has 94 valence electrons. The summed E-state index contributed by atoms with van der Waals surface area (Å²) in [5.41, 5.74) is 6.66. The van der Waals surface area contributed by atoms with E-state index < -0.39 is 0 Å². The number of nitrogens with zero attached hydrogens (tertiary/aromatic N) is 1. The van der Waals surface area contributed by atoms with Crippen LogP contribution in [0.3, 0.4) is 0 Å². The quantitative estimate of drug-likeness (QED) is 0.339. The van der Waals surface area contributed by atoms with E-state index in [2.05, 4.69) is 39.4 Å². The van der Waals surface area contributed by atoms with Gasteiger partial charge in [0.05, 0.1) is 0 Å². The second-order valence-corrected chi connectivity index (χ2v) is 4.96. The standard InChI is InChI=1S/C12H18BrN3O/c1-8(7-12(14)16-17)15-9(2)10-5-3-4-6-11(10)13/h3-6,8-9,15,17H,7H2,1-2H3,(H2,14,16)/t8?,9-/m0/s1. The topological polar surface area (TPSA) is 70.6 Å². The van der Waals surface area contributed by atoms with E-state index in [-0.39, 0.29) is 17.9 Å². The molecule has 4 nitrogen and oxygen atoms in total. The molecule has 0 radical (unpaired) electrons. The molecular formula is C12H18BrN3O. The predicted octanol–water partition coefficient (Wildman–Crippen LogP) is 2.62. The van der Waals surface area contributed by atoms with Gasteiger partial charge >= 0.3 is 0 Å². The zero-order valence-electron chi connectivity index (χ0n) is 10.0. The van der Waals surface area contributed by atoms with Crippen LogP contribution in [0.4, 0.5) is 0 Å². The number of hydrogen-bond acceptors (Lipinski definition) is 3. The van der Waals surface area contributed by atoms with Crippen LogP contribution >= 0.6 is 15.9 Å². The van der Waals surface area contributed by atoms with Crippen molar-refractivity contribution in [3.05, 3.63) is 34.3 Å². The molecule has 4 N–H and O–H groups in total. The number of rotatable bonds is 5.